The second-order valence-corrected chi connectivity index (χ2v) is 8.97. The predicted molar refractivity (Wildman–Crippen MR) is 120 cm³/mol. The molecule has 156 valence electrons. The van der Waals surface area contributed by atoms with Gasteiger partial charge in [0.15, 0.2) is 0 Å². The van der Waals surface area contributed by atoms with Crippen LogP contribution in [0.1, 0.15) is 53.4 Å². The number of carbonyl (C=O) groups is 2. The van der Waals surface area contributed by atoms with Crippen molar-refractivity contribution in [2.24, 2.45) is 0 Å². The van der Waals surface area contributed by atoms with Crippen LogP contribution in [0.25, 0.3) is 10.1 Å². The van der Waals surface area contributed by atoms with Crippen molar-refractivity contribution in [2.45, 2.75) is 43.7 Å². The fraction of sp³-hybridized carbons (Fsp3) is 0.333. The van der Waals surface area contributed by atoms with Gasteiger partial charge in [-0.3, -0.25) is 9.59 Å². The number of amides is 2. The second-order valence-electron chi connectivity index (χ2n) is 7.88. The van der Waals surface area contributed by atoms with Gasteiger partial charge in [0.25, 0.3) is 5.91 Å². The number of aliphatic hydroxyl groups excluding tert-OH is 1. The number of benzene rings is 2. The van der Waals surface area contributed by atoms with E-state index in [1.165, 1.54) is 11.3 Å². The highest BCUT2D eigenvalue weighted by Gasteiger charge is 2.41. The Bertz CT molecular complexity index is 992. The van der Waals surface area contributed by atoms with Crippen LogP contribution >= 0.6 is 11.3 Å². The van der Waals surface area contributed by atoms with Crippen LogP contribution in [0, 0.1) is 0 Å². The van der Waals surface area contributed by atoms with E-state index in [2.05, 4.69) is 10.6 Å². The molecule has 3 N–H and O–H groups in total. The normalized spacial score (nSPS) is 16.7. The molecular formula is C24H26N2O3S. The van der Waals surface area contributed by atoms with E-state index in [9.17, 15) is 14.7 Å². The second kappa shape index (κ2) is 8.98. The van der Waals surface area contributed by atoms with E-state index in [1.54, 1.807) is 0 Å². The molecule has 6 heteroatoms. The van der Waals surface area contributed by atoms with E-state index in [1.807, 2.05) is 60.7 Å². The number of carbonyl (C=O) groups excluding carboxylic acids is 2. The summed E-state index contributed by atoms with van der Waals surface area (Å²) in [6.07, 6.45) is 3.27. The molecule has 3 aromatic rings. The molecule has 2 amide bonds. The number of fused-ring (bicyclic) bond motifs is 1. The van der Waals surface area contributed by atoms with E-state index in [0.29, 0.717) is 17.7 Å². The molecule has 1 saturated carbocycles. The monoisotopic (exact) mass is 422 g/mol. The fourth-order valence-electron chi connectivity index (χ4n) is 4.09. The topological polar surface area (TPSA) is 78.4 Å². The summed E-state index contributed by atoms with van der Waals surface area (Å²) in [4.78, 5) is 26.8. The molecular weight excluding hydrogens is 396 g/mol. The first-order valence-corrected chi connectivity index (χ1v) is 11.2. The van der Waals surface area contributed by atoms with Crippen LogP contribution in [0.3, 0.4) is 0 Å². The summed E-state index contributed by atoms with van der Waals surface area (Å²) < 4.78 is 1.05. The molecule has 30 heavy (non-hydrogen) atoms. The van der Waals surface area contributed by atoms with Gasteiger partial charge in [0.1, 0.15) is 5.54 Å². The first kappa shape index (κ1) is 20.6. The Morgan fingerprint density at radius 2 is 1.70 bits per heavy atom. The van der Waals surface area contributed by atoms with Crippen LogP contribution in [0.15, 0.2) is 60.7 Å². The van der Waals surface area contributed by atoms with Crippen LogP contribution in [0.5, 0.6) is 0 Å². The molecule has 1 fully saturated rings. The van der Waals surface area contributed by atoms with Crippen molar-refractivity contribution in [3.05, 3.63) is 71.1 Å². The van der Waals surface area contributed by atoms with E-state index < -0.39 is 11.6 Å². The van der Waals surface area contributed by atoms with Crippen molar-refractivity contribution in [1.29, 1.82) is 0 Å². The van der Waals surface area contributed by atoms with E-state index >= 15 is 0 Å². The highest BCUT2D eigenvalue weighted by molar-refractivity contribution is 7.20. The zero-order valence-corrected chi connectivity index (χ0v) is 17.6. The molecule has 5 nitrogen and oxygen atoms in total. The Balaban J connectivity index is 1.47. The Labute approximate surface area is 180 Å². The van der Waals surface area contributed by atoms with Crippen LogP contribution in [0.2, 0.25) is 0 Å². The van der Waals surface area contributed by atoms with Crippen molar-refractivity contribution in [3.8, 4) is 0 Å². The van der Waals surface area contributed by atoms with Gasteiger partial charge in [0.2, 0.25) is 5.91 Å². The largest absolute Gasteiger partial charge is 0.387 e. The molecule has 1 unspecified atom stereocenters. The molecule has 1 aliphatic rings. The van der Waals surface area contributed by atoms with Gasteiger partial charge in [-0.1, -0.05) is 67.8 Å². The maximum absolute atomic E-state index is 13.2. The molecule has 0 spiro atoms. The quantitative estimate of drug-likeness (QED) is 0.558. The summed E-state index contributed by atoms with van der Waals surface area (Å²) in [7, 11) is 0. The highest BCUT2D eigenvalue weighted by Crippen LogP contribution is 2.31. The Morgan fingerprint density at radius 1 is 1.00 bits per heavy atom. The van der Waals surface area contributed by atoms with E-state index in [0.717, 1.165) is 34.9 Å². The fourth-order valence-corrected chi connectivity index (χ4v) is 5.05. The zero-order valence-electron chi connectivity index (χ0n) is 16.8. The number of rotatable bonds is 6. The van der Waals surface area contributed by atoms with Crippen molar-refractivity contribution in [1.82, 2.24) is 10.6 Å². The van der Waals surface area contributed by atoms with Crippen molar-refractivity contribution in [3.63, 3.8) is 0 Å². The zero-order chi connectivity index (χ0) is 21.0. The van der Waals surface area contributed by atoms with Gasteiger partial charge < -0.3 is 15.7 Å². The Morgan fingerprint density at radius 3 is 2.43 bits per heavy atom. The molecule has 0 bridgehead atoms. The van der Waals surface area contributed by atoms with Gasteiger partial charge in [-0.05, 0) is 35.9 Å². The average molecular weight is 423 g/mol. The molecule has 4 rings (SSSR count). The lowest BCUT2D eigenvalue weighted by Gasteiger charge is -2.36. The van der Waals surface area contributed by atoms with Gasteiger partial charge in [-0.2, -0.15) is 0 Å². The molecule has 0 radical (unpaired) electrons. The summed E-state index contributed by atoms with van der Waals surface area (Å²) >= 11 is 1.44. The summed E-state index contributed by atoms with van der Waals surface area (Å²) in [6, 6.07) is 19.0. The maximum atomic E-state index is 13.2. The van der Waals surface area contributed by atoms with Crippen LogP contribution in [-0.2, 0) is 4.79 Å². The van der Waals surface area contributed by atoms with Gasteiger partial charge in [0.05, 0.1) is 11.0 Å². The Kier molecular flexibility index (Phi) is 6.16. The molecule has 0 aliphatic heterocycles. The number of hydrogen-bond donors (Lipinski definition) is 3. The van der Waals surface area contributed by atoms with Crippen molar-refractivity contribution < 1.29 is 14.7 Å². The number of hydrogen-bond acceptors (Lipinski definition) is 4. The third-order valence-corrected chi connectivity index (χ3v) is 6.90. The molecule has 1 heterocycles. The lowest BCUT2D eigenvalue weighted by molar-refractivity contribution is -0.129. The highest BCUT2D eigenvalue weighted by atomic mass is 32.1. The van der Waals surface area contributed by atoms with Crippen LogP contribution in [-0.4, -0.2) is 29.0 Å². The predicted octanol–water partition coefficient (Wildman–Crippen LogP) is 4.18. The van der Waals surface area contributed by atoms with Crippen LogP contribution < -0.4 is 10.6 Å². The van der Waals surface area contributed by atoms with E-state index in [4.69, 9.17) is 0 Å². The number of aliphatic hydroxyl groups is 1. The van der Waals surface area contributed by atoms with Gasteiger partial charge in [-0.15, -0.1) is 11.3 Å². The van der Waals surface area contributed by atoms with Crippen LogP contribution in [0.4, 0.5) is 0 Å². The molecule has 1 atom stereocenters. The number of nitrogens with one attached hydrogen (secondary N) is 2. The molecule has 2 aromatic carbocycles. The maximum Gasteiger partial charge on any atom is 0.262 e. The third-order valence-electron chi connectivity index (χ3n) is 5.78. The summed E-state index contributed by atoms with van der Waals surface area (Å²) in [6.45, 7) is 0.114. The molecule has 1 aliphatic carbocycles. The van der Waals surface area contributed by atoms with Gasteiger partial charge >= 0.3 is 0 Å². The van der Waals surface area contributed by atoms with Gasteiger partial charge in [0, 0.05) is 11.2 Å². The number of thiophene rings is 1. The van der Waals surface area contributed by atoms with Crippen molar-refractivity contribution >= 4 is 33.2 Å². The lowest BCUT2D eigenvalue weighted by Crippen LogP contribution is -2.60. The summed E-state index contributed by atoms with van der Waals surface area (Å²) in [5, 5.41) is 17.3. The average Bonchev–Trinajstić information content (AvgIpc) is 3.23. The first-order valence-electron chi connectivity index (χ1n) is 10.4. The smallest absolute Gasteiger partial charge is 0.262 e. The minimum atomic E-state index is -0.929. The minimum absolute atomic E-state index is 0.114. The Hall–Kier alpha value is -2.70. The van der Waals surface area contributed by atoms with Gasteiger partial charge in [-0.25, -0.2) is 0 Å². The first-order chi connectivity index (χ1) is 14.6. The molecule has 0 saturated heterocycles. The summed E-state index contributed by atoms with van der Waals surface area (Å²) in [5.74, 6) is -0.427. The summed E-state index contributed by atoms with van der Waals surface area (Å²) in [5.41, 5.74) is -0.174. The third kappa shape index (κ3) is 4.40. The van der Waals surface area contributed by atoms with E-state index in [-0.39, 0.29) is 18.4 Å². The standard InChI is InChI=1S/C24H26N2O3S/c27-19(17-9-3-1-4-10-17)16-25-23(29)24(13-7-2-8-14-24)26-22(28)21-15-18-11-5-6-12-20(18)30-21/h1,3-6,9-12,15,19,27H,2,7-8,13-14,16H2,(H,25,29)(H,26,28). The molecule has 1 aromatic heterocycles. The van der Waals surface area contributed by atoms with Crippen molar-refractivity contribution in [2.75, 3.05) is 6.54 Å². The lowest BCUT2D eigenvalue weighted by atomic mass is 9.80. The minimum Gasteiger partial charge on any atom is -0.387 e. The SMILES string of the molecule is O=C(NC1(C(=O)NCC(O)c2ccccc2)CCCCC1)c1cc2ccccc2s1.